The van der Waals surface area contributed by atoms with Crippen LogP contribution in [0.1, 0.15) is 11.3 Å². The molecule has 2 aromatic rings. The van der Waals surface area contributed by atoms with E-state index in [9.17, 15) is 0 Å². The fourth-order valence-electron chi connectivity index (χ4n) is 1.88. The van der Waals surface area contributed by atoms with Crippen molar-refractivity contribution in [1.29, 1.82) is 0 Å². The predicted molar refractivity (Wildman–Crippen MR) is 81.4 cm³/mol. The largest absolute Gasteiger partial charge is 0.308 e. The summed E-state index contributed by atoms with van der Waals surface area (Å²) in [7, 11) is 2.08. The zero-order chi connectivity index (χ0) is 13.7. The molecule has 0 radical (unpaired) electrons. The molecule has 0 aliphatic carbocycles. The summed E-state index contributed by atoms with van der Waals surface area (Å²) in [6.45, 7) is 1.67. The highest BCUT2D eigenvalue weighted by Gasteiger charge is 2.03. The molecular formula is C14H17BrN4. The number of aromatic nitrogens is 1. The summed E-state index contributed by atoms with van der Waals surface area (Å²) >= 11 is 3.44. The van der Waals surface area contributed by atoms with E-state index in [0.717, 1.165) is 23.3 Å². The van der Waals surface area contributed by atoms with Gasteiger partial charge in [-0.15, -0.1) is 0 Å². The quantitative estimate of drug-likeness (QED) is 0.657. The second kappa shape index (κ2) is 6.65. The second-order valence-electron chi connectivity index (χ2n) is 4.46. The first-order chi connectivity index (χ1) is 9.17. The Hall–Kier alpha value is -1.43. The third-order valence-electron chi connectivity index (χ3n) is 2.75. The molecule has 0 unspecified atom stereocenters. The Labute approximate surface area is 121 Å². The molecule has 0 fully saturated rings. The van der Waals surface area contributed by atoms with Crippen molar-refractivity contribution in [1.82, 2.24) is 9.88 Å². The van der Waals surface area contributed by atoms with Crippen LogP contribution < -0.4 is 11.3 Å². The van der Waals surface area contributed by atoms with Gasteiger partial charge >= 0.3 is 0 Å². The number of halogens is 1. The number of nitrogens with zero attached hydrogens (tertiary/aromatic N) is 2. The molecule has 0 aliphatic heterocycles. The minimum absolute atomic E-state index is 0.689. The van der Waals surface area contributed by atoms with Gasteiger partial charge in [0, 0.05) is 17.6 Å². The summed E-state index contributed by atoms with van der Waals surface area (Å²) in [5, 5.41) is 0. The Morgan fingerprint density at radius 1 is 1.16 bits per heavy atom. The van der Waals surface area contributed by atoms with E-state index in [2.05, 4.69) is 62.6 Å². The van der Waals surface area contributed by atoms with Crippen LogP contribution >= 0.6 is 15.9 Å². The monoisotopic (exact) mass is 320 g/mol. The number of hydrogen-bond acceptors (Lipinski definition) is 4. The normalized spacial score (nSPS) is 10.7. The maximum Gasteiger partial charge on any atom is 0.140 e. The van der Waals surface area contributed by atoms with Crippen LogP contribution in [-0.2, 0) is 13.1 Å². The van der Waals surface area contributed by atoms with Crippen LogP contribution in [-0.4, -0.2) is 16.9 Å². The zero-order valence-electron chi connectivity index (χ0n) is 10.8. The number of hydrogen-bond donors (Lipinski definition) is 2. The highest BCUT2D eigenvalue weighted by atomic mass is 79.9. The molecule has 4 nitrogen and oxygen atoms in total. The number of nitrogens with one attached hydrogen (secondary N) is 1. The van der Waals surface area contributed by atoms with Gasteiger partial charge in [-0.05, 0) is 36.9 Å². The molecule has 5 heteroatoms. The summed E-state index contributed by atoms with van der Waals surface area (Å²) in [6.07, 6.45) is 0. The van der Waals surface area contributed by atoms with Crippen LogP contribution in [0.15, 0.2) is 46.9 Å². The molecule has 1 aromatic carbocycles. The maximum absolute atomic E-state index is 5.36. The van der Waals surface area contributed by atoms with E-state index in [1.807, 2.05) is 18.2 Å². The van der Waals surface area contributed by atoms with E-state index in [-0.39, 0.29) is 0 Å². The molecule has 1 heterocycles. The number of hydrazine groups is 1. The lowest BCUT2D eigenvalue weighted by atomic mass is 10.2. The van der Waals surface area contributed by atoms with Crippen LogP contribution in [0.5, 0.6) is 0 Å². The van der Waals surface area contributed by atoms with E-state index in [1.165, 1.54) is 5.56 Å². The first kappa shape index (κ1) is 14.0. The van der Waals surface area contributed by atoms with Crippen LogP contribution in [0.3, 0.4) is 0 Å². The lowest BCUT2D eigenvalue weighted by Gasteiger charge is -2.16. The minimum atomic E-state index is 0.689. The van der Waals surface area contributed by atoms with Crippen molar-refractivity contribution in [2.24, 2.45) is 5.84 Å². The van der Waals surface area contributed by atoms with Gasteiger partial charge in [-0.3, -0.25) is 4.90 Å². The molecule has 0 amide bonds. The van der Waals surface area contributed by atoms with Gasteiger partial charge in [0.25, 0.3) is 0 Å². The van der Waals surface area contributed by atoms with Crippen molar-refractivity contribution >= 4 is 21.7 Å². The van der Waals surface area contributed by atoms with Gasteiger partial charge in [0.2, 0.25) is 0 Å². The van der Waals surface area contributed by atoms with E-state index in [0.29, 0.717) is 5.82 Å². The summed E-state index contributed by atoms with van der Waals surface area (Å²) in [4.78, 5) is 6.62. The highest BCUT2D eigenvalue weighted by Crippen LogP contribution is 2.13. The van der Waals surface area contributed by atoms with Crippen molar-refractivity contribution in [3.8, 4) is 0 Å². The van der Waals surface area contributed by atoms with Gasteiger partial charge in [0.1, 0.15) is 5.82 Å². The van der Waals surface area contributed by atoms with Crippen molar-refractivity contribution in [3.63, 3.8) is 0 Å². The molecule has 0 saturated heterocycles. The summed E-state index contributed by atoms with van der Waals surface area (Å²) in [5.74, 6) is 6.05. The Morgan fingerprint density at radius 2 is 1.89 bits per heavy atom. The molecule has 0 saturated carbocycles. The third-order valence-corrected chi connectivity index (χ3v) is 3.28. The minimum Gasteiger partial charge on any atom is -0.308 e. The fraction of sp³-hybridized carbons (Fsp3) is 0.214. The smallest absolute Gasteiger partial charge is 0.140 e. The molecule has 0 aliphatic rings. The maximum atomic E-state index is 5.36. The van der Waals surface area contributed by atoms with E-state index >= 15 is 0 Å². The topological polar surface area (TPSA) is 54.2 Å². The van der Waals surface area contributed by atoms with Gasteiger partial charge in [0.15, 0.2) is 0 Å². The number of nitrogens with two attached hydrogens (primary N) is 1. The molecule has 2 rings (SSSR count). The summed E-state index contributed by atoms with van der Waals surface area (Å²) in [6, 6.07) is 14.1. The Balaban J connectivity index is 1.96. The van der Waals surface area contributed by atoms with Gasteiger partial charge in [0.05, 0.1) is 5.69 Å². The number of rotatable bonds is 5. The van der Waals surface area contributed by atoms with Gasteiger partial charge in [-0.25, -0.2) is 10.8 Å². The van der Waals surface area contributed by atoms with Crippen LogP contribution in [0.2, 0.25) is 0 Å². The molecule has 0 atom stereocenters. The second-order valence-corrected chi connectivity index (χ2v) is 5.37. The molecule has 100 valence electrons. The number of anilines is 1. The predicted octanol–water partition coefficient (Wildman–Crippen LogP) is 2.76. The van der Waals surface area contributed by atoms with Crippen molar-refractivity contribution in [2.45, 2.75) is 13.1 Å². The van der Waals surface area contributed by atoms with E-state index in [4.69, 9.17) is 5.84 Å². The standard InChI is InChI=1S/C14H17BrN4/c1-19(9-11-5-7-12(15)8-6-11)10-13-3-2-4-14(17-13)18-16/h2-8H,9-10,16H2,1H3,(H,17,18). The highest BCUT2D eigenvalue weighted by molar-refractivity contribution is 9.10. The van der Waals surface area contributed by atoms with Crippen LogP contribution in [0.4, 0.5) is 5.82 Å². The first-order valence-corrected chi connectivity index (χ1v) is 6.82. The van der Waals surface area contributed by atoms with Crippen molar-refractivity contribution in [3.05, 3.63) is 58.2 Å². The van der Waals surface area contributed by atoms with Gasteiger partial charge in [-0.2, -0.15) is 0 Å². The average Bonchev–Trinajstić information content (AvgIpc) is 2.41. The number of nitrogen functional groups attached to an aromatic ring is 1. The fourth-order valence-corrected chi connectivity index (χ4v) is 2.15. The van der Waals surface area contributed by atoms with Crippen molar-refractivity contribution < 1.29 is 0 Å². The molecule has 0 spiro atoms. The number of pyridine rings is 1. The Morgan fingerprint density at radius 3 is 2.58 bits per heavy atom. The lowest BCUT2D eigenvalue weighted by molar-refractivity contribution is 0.315. The molecule has 19 heavy (non-hydrogen) atoms. The van der Waals surface area contributed by atoms with Gasteiger partial charge < -0.3 is 5.43 Å². The lowest BCUT2D eigenvalue weighted by Crippen LogP contribution is -2.18. The first-order valence-electron chi connectivity index (χ1n) is 6.03. The van der Waals surface area contributed by atoms with Crippen molar-refractivity contribution in [2.75, 3.05) is 12.5 Å². The van der Waals surface area contributed by atoms with E-state index < -0.39 is 0 Å². The molecular weight excluding hydrogens is 304 g/mol. The summed E-state index contributed by atoms with van der Waals surface area (Å²) < 4.78 is 1.10. The zero-order valence-corrected chi connectivity index (χ0v) is 12.4. The Kier molecular flexibility index (Phi) is 4.90. The average molecular weight is 321 g/mol. The van der Waals surface area contributed by atoms with E-state index in [1.54, 1.807) is 0 Å². The van der Waals surface area contributed by atoms with Crippen LogP contribution in [0, 0.1) is 0 Å². The SMILES string of the molecule is CN(Cc1ccc(Br)cc1)Cc1cccc(NN)n1. The number of benzene rings is 1. The summed E-state index contributed by atoms with van der Waals surface area (Å²) in [5.41, 5.74) is 4.83. The molecule has 1 aromatic heterocycles. The third kappa shape index (κ3) is 4.31. The van der Waals surface area contributed by atoms with Crippen LogP contribution in [0.25, 0.3) is 0 Å². The Bertz CT molecular complexity index is 527. The van der Waals surface area contributed by atoms with Gasteiger partial charge in [-0.1, -0.05) is 34.1 Å². The molecule has 3 N–H and O–H groups in total. The molecule has 0 bridgehead atoms.